The summed E-state index contributed by atoms with van der Waals surface area (Å²) >= 11 is 0. The lowest BCUT2D eigenvalue weighted by Gasteiger charge is -2.19. The number of aliphatic imine (C=N–C) groups is 1. The minimum Gasteiger partial charge on any atom is -0.465 e. The van der Waals surface area contributed by atoms with Gasteiger partial charge in [0, 0.05) is 18.7 Å². The zero-order chi connectivity index (χ0) is 15.4. The first-order chi connectivity index (χ1) is 10.8. The largest absolute Gasteiger partial charge is 0.465 e. The van der Waals surface area contributed by atoms with Gasteiger partial charge >= 0.3 is 5.97 Å². The van der Waals surface area contributed by atoms with Gasteiger partial charge in [-0.3, -0.25) is 0 Å². The van der Waals surface area contributed by atoms with E-state index in [1.807, 2.05) is 42.5 Å². The van der Waals surface area contributed by atoms with Crippen molar-refractivity contribution in [2.75, 3.05) is 18.6 Å². The Kier molecular flexibility index (Phi) is 4.19. The van der Waals surface area contributed by atoms with Crippen molar-refractivity contribution in [1.29, 1.82) is 0 Å². The molecule has 0 N–H and O–H groups in total. The van der Waals surface area contributed by atoms with Gasteiger partial charge in [-0.25, -0.2) is 9.79 Å². The molecule has 2 aromatic carbocycles. The molecule has 0 aliphatic carbocycles. The van der Waals surface area contributed by atoms with Crippen molar-refractivity contribution in [1.82, 2.24) is 0 Å². The number of hydrogen-bond donors (Lipinski definition) is 0. The molecular formula is C18H18N2O2. The molecule has 1 aliphatic heterocycles. The number of hydrogen-bond acceptors (Lipinski definition) is 3. The standard InChI is InChI=1S/C18H18N2O2/c1-22-18(21)14-9-11-16(12-10-14)20-13-5-8-17(20)19-15-6-3-2-4-7-15/h2-4,6-7,9-12H,5,8,13H2,1H3. The van der Waals surface area contributed by atoms with E-state index in [9.17, 15) is 4.79 Å². The topological polar surface area (TPSA) is 41.9 Å². The average molecular weight is 294 g/mol. The van der Waals surface area contributed by atoms with Crippen molar-refractivity contribution in [3.8, 4) is 0 Å². The predicted octanol–water partition coefficient (Wildman–Crippen LogP) is 3.80. The van der Waals surface area contributed by atoms with E-state index in [0.717, 1.165) is 36.6 Å². The number of esters is 1. The van der Waals surface area contributed by atoms with Crippen molar-refractivity contribution < 1.29 is 9.53 Å². The number of amidine groups is 1. The highest BCUT2D eigenvalue weighted by atomic mass is 16.5. The van der Waals surface area contributed by atoms with E-state index in [-0.39, 0.29) is 5.97 Å². The van der Waals surface area contributed by atoms with Gasteiger partial charge in [-0.1, -0.05) is 18.2 Å². The van der Waals surface area contributed by atoms with Gasteiger partial charge in [0.25, 0.3) is 0 Å². The molecule has 4 nitrogen and oxygen atoms in total. The van der Waals surface area contributed by atoms with E-state index in [4.69, 9.17) is 9.73 Å². The van der Waals surface area contributed by atoms with Crippen LogP contribution >= 0.6 is 0 Å². The van der Waals surface area contributed by atoms with Crippen LogP contribution in [0.2, 0.25) is 0 Å². The summed E-state index contributed by atoms with van der Waals surface area (Å²) in [5.41, 5.74) is 2.59. The highest BCUT2D eigenvalue weighted by Crippen LogP contribution is 2.25. The molecule has 0 saturated carbocycles. The van der Waals surface area contributed by atoms with E-state index in [1.165, 1.54) is 7.11 Å². The number of methoxy groups -OCH3 is 1. The lowest BCUT2D eigenvalue weighted by atomic mass is 10.2. The van der Waals surface area contributed by atoms with Gasteiger partial charge in [0.2, 0.25) is 0 Å². The van der Waals surface area contributed by atoms with Crippen LogP contribution in [0, 0.1) is 0 Å². The summed E-state index contributed by atoms with van der Waals surface area (Å²) in [6.45, 7) is 0.948. The molecule has 0 spiro atoms. The van der Waals surface area contributed by atoms with Crippen molar-refractivity contribution in [2.24, 2.45) is 4.99 Å². The minimum atomic E-state index is -0.314. The first-order valence-corrected chi connectivity index (χ1v) is 7.36. The molecular weight excluding hydrogens is 276 g/mol. The van der Waals surface area contributed by atoms with Crippen molar-refractivity contribution >= 4 is 23.2 Å². The van der Waals surface area contributed by atoms with Crippen LogP contribution in [0.5, 0.6) is 0 Å². The SMILES string of the molecule is COC(=O)c1ccc(N2CCCC2=Nc2ccccc2)cc1. The lowest BCUT2D eigenvalue weighted by molar-refractivity contribution is 0.0601. The van der Waals surface area contributed by atoms with E-state index in [2.05, 4.69) is 4.90 Å². The molecule has 3 rings (SSSR count). The number of carbonyl (C=O) groups excluding carboxylic acids is 1. The second-order valence-corrected chi connectivity index (χ2v) is 5.16. The molecule has 1 aliphatic rings. The number of rotatable bonds is 3. The van der Waals surface area contributed by atoms with E-state index < -0.39 is 0 Å². The van der Waals surface area contributed by atoms with Crippen LogP contribution in [0.1, 0.15) is 23.2 Å². The van der Waals surface area contributed by atoms with Crippen LogP contribution in [0.25, 0.3) is 0 Å². The lowest BCUT2D eigenvalue weighted by Crippen LogP contribution is -2.24. The summed E-state index contributed by atoms with van der Waals surface area (Å²) in [4.78, 5) is 18.4. The molecule has 0 radical (unpaired) electrons. The zero-order valence-corrected chi connectivity index (χ0v) is 12.5. The molecule has 112 valence electrons. The molecule has 0 bridgehead atoms. The van der Waals surface area contributed by atoms with Gasteiger partial charge in [0.1, 0.15) is 5.84 Å². The highest BCUT2D eigenvalue weighted by Gasteiger charge is 2.20. The second-order valence-electron chi connectivity index (χ2n) is 5.16. The predicted molar refractivity (Wildman–Crippen MR) is 87.9 cm³/mol. The maximum atomic E-state index is 11.5. The minimum absolute atomic E-state index is 0.314. The number of para-hydroxylation sites is 1. The molecule has 0 atom stereocenters. The fourth-order valence-electron chi connectivity index (χ4n) is 2.60. The van der Waals surface area contributed by atoms with Gasteiger partial charge in [-0.2, -0.15) is 0 Å². The van der Waals surface area contributed by atoms with Crippen LogP contribution in [-0.4, -0.2) is 25.5 Å². The summed E-state index contributed by atoms with van der Waals surface area (Å²) in [6.07, 6.45) is 2.05. The van der Waals surface area contributed by atoms with Gasteiger partial charge in [-0.05, 0) is 42.8 Å². The normalized spacial score (nSPS) is 16.0. The quantitative estimate of drug-likeness (QED) is 0.808. The maximum absolute atomic E-state index is 11.5. The Balaban J connectivity index is 1.84. The number of ether oxygens (including phenoxy) is 1. The smallest absolute Gasteiger partial charge is 0.337 e. The third-order valence-corrected chi connectivity index (χ3v) is 3.71. The van der Waals surface area contributed by atoms with E-state index in [0.29, 0.717) is 5.56 Å². The van der Waals surface area contributed by atoms with Gasteiger partial charge < -0.3 is 9.64 Å². The van der Waals surface area contributed by atoms with E-state index in [1.54, 1.807) is 12.1 Å². The molecule has 1 heterocycles. The van der Waals surface area contributed by atoms with Crippen LogP contribution in [-0.2, 0) is 4.74 Å². The highest BCUT2D eigenvalue weighted by molar-refractivity contribution is 6.01. The Morgan fingerprint density at radius 2 is 1.82 bits per heavy atom. The summed E-state index contributed by atoms with van der Waals surface area (Å²) < 4.78 is 4.73. The Bertz CT molecular complexity index is 678. The van der Waals surface area contributed by atoms with Gasteiger partial charge in [-0.15, -0.1) is 0 Å². The molecule has 0 amide bonds. The molecule has 4 heteroatoms. The third-order valence-electron chi connectivity index (χ3n) is 3.71. The number of benzene rings is 2. The Morgan fingerprint density at radius 3 is 2.50 bits per heavy atom. The number of carbonyl (C=O) groups is 1. The molecule has 1 saturated heterocycles. The first-order valence-electron chi connectivity index (χ1n) is 7.36. The summed E-state index contributed by atoms with van der Waals surface area (Å²) in [5, 5.41) is 0. The van der Waals surface area contributed by atoms with Crippen molar-refractivity contribution in [2.45, 2.75) is 12.8 Å². The van der Waals surface area contributed by atoms with Crippen LogP contribution in [0.4, 0.5) is 11.4 Å². The fraction of sp³-hybridized carbons (Fsp3) is 0.222. The van der Waals surface area contributed by atoms with Crippen molar-refractivity contribution in [3.05, 3.63) is 60.2 Å². The summed E-state index contributed by atoms with van der Waals surface area (Å²) in [5.74, 6) is 0.753. The van der Waals surface area contributed by atoms with Crippen LogP contribution in [0.3, 0.4) is 0 Å². The molecule has 0 aromatic heterocycles. The third kappa shape index (κ3) is 3.01. The number of anilines is 1. The Hall–Kier alpha value is -2.62. The first kappa shape index (κ1) is 14.3. The monoisotopic (exact) mass is 294 g/mol. The van der Waals surface area contributed by atoms with Gasteiger partial charge in [0.05, 0.1) is 18.4 Å². The number of nitrogens with zero attached hydrogens (tertiary/aromatic N) is 2. The van der Waals surface area contributed by atoms with Crippen LogP contribution in [0.15, 0.2) is 59.6 Å². The molecule has 22 heavy (non-hydrogen) atoms. The maximum Gasteiger partial charge on any atom is 0.337 e. The molecule has 1 fully saturated rings. The van der Waals surface area contributed by atoms with Gasteiger partial charge in [0.15, 0.2) is 0 Å². The van der Waals surface area contributed by atoms with Crippen LogP contribution < -0.4 is 4.90 Å². The Labute approximate surface area is 130 Å². The molecule has 0 unspecified atom stereocenters. The van der Waals surface area contributed by atoms with E-state index >= 15 is 0 Å². The summed E-state index contributed by atoms with van der Waals surface area (Å²) in [6, 6.07) is 17.4. The average Bonchev–Trinajstić information content (AvgIpc) is 3.03. The van der Waals surface area contributed by atoms with Crippen molar-refractivity contribution in [3.63, 3.8) is 0 Å². The zero-order valence-electron chi connectivity index (χ0n) is 12.5. The second kappa shape index (κ2) is 6.43. The Morgan fingerprint density at radius 1 is 1.09 bits per heavy atom. The fourth-order valence-corrected chi connectivity index (χ4v) is 2.60. The summed E-state index contributed by atoms with van der Waals surface area (Å²) in [7, 11) is 1.39. The molecule has 2 aromatic rings.